The molecule has 1 aromatic carbocycles. The third kappa shape index (κ3) is 4.90. The van der Waals surface area contributed by atoms with Crippen molar-refractivity contribution in [2.24, 2.45) is 5.92 Å². The fourth-order valence-electron chi connectivity index (χ4n) is 4.10. The monoisotopic (exact) mass is 328 g/mol. The molecule has 0 radical (unpaired) electrons. The van der Waals surface area contributed by atoms with Gasteiger partial charge in [-0.2, -0.15) is 0 Å². The van der Waals surface area contributed by atoms with Crippen LogP contribution in [0.25, 0.3) is 0 Å². The van der Waals surface area contributed by atoms with Crippen molar-refractivity contribution in [3.8, 4) is 0 Å². The summed E-state index contributed by atoms with van der Waals surface area (Å²) in [6.45, 7) is 4.58. The number of likely N-dealkylation sites (N-methyl/N-ethyl adjacent to an activating group) is 1. The normalized spacial score (nSPS) is 20.2. The van der Waals surface area contributed by atoms with Crippen molar-refractivity contribution in [3.05, 3.63) is 34.9 Å². The van der Waals surface area contributed by atoms with Gasteiger partial charge >= 0.3 is 0 Å². The quantitative estimate of drug-likeness (QED) is 0.840. The zero-order valence-electron chi connectivity index (χ0n) is 15.2. The molecule has 1 saturated heterocycles. The van der Waals surface area contributed by atoms with Gasteiger partial charge in [0.25, 0.3) is 0 Å². The van der Waals surface area contributed by atoms with Gasteiger partial charge in [0.05, 0.1) is 0 Å². The lowest BCUT2D eigenvalue weighted by Gasteiger charge is -2.22. The van der Waals surface area contributed by atoms with Gasteiger partial charge in [0, 0.05) is 18.5 Å². The van der Waals surface area contributed by atoms with E-state index in [1.54, 1.807) is 0 Å². The molecule has 2 heterocycles. The van der Waals surface area contributed by atoms with Gasteiger partial charge < -0.3 is 10.2 Å². The molecule has 1 fully saturated rings. The highest BCUT2D eigenvalue weighted by molar-refractivity contribution is 5.96. The molecule has 0 spiro atoms. The Labute approximate surface area is 146 Å². The van der Waals surface area contributed by atoms with Crippen molar-refractivity contribution in [2.45, 2.75) is 51.4 Å². The maximum Gasteiger partial charge on any atom is 0.162 e. The summed E-state index contributed by atoms with van der Waals surface area (Å²) in [6, 6.07) is 6.45. The second-order valence-corrected chi connectivity index (χ2v) is 7.65. The number of hydrogen-bond donors (Lipinski definition) is 1. The molecule has 24 heavy (non-hydrogen) atoms. The fourth-order valence-corrected chi connectivity index (χ4v) is 4.10. The molecule has 3 heteroatoms. The molecular weight excluding hydrogens is 296 g/mol. The third-order valence-corrected chi connectivity index (χ3v) is 5.75. The first kappa shape index (κ1) is 17.6. The molecule has 0 unspecified atom stereocenters. The van der Waals surface area contributed by atoms with Crippen LogP contribution < -0.4 is 5.32 Å². The number of ketones is 1. The molecule has 0 amide bonds. The molecule has 0 aromatic heterocycles. The minimum absolute atomic E-state index is 0.339. The SMILES string of the molecule is CN1CCCc2cc(C(=O)CCCC3CCNCC3)ccc2CC1. The Bertz CT molecular complexity index is 549. The fraction of sp³-hybridized carbons (Fsp3) is 0.667. The maximum atomic E-state index is 12.6. The van der Waals surface area contributed by atoms with Gasteiger partial charge in [-0.3, -0.25) is 4.79 Å². The first-order valence-corrected chi connectivity index (χ1v) is 9.76. The van der Waals surface area contributed by atoms with Gasteiger partial charge in [0.15, 0.2) is 5.78 Å². The molecule has 2 aliphatic heterocycles. The highest BCUT2D eigenvalue weighted by Crippen LogP contribution is 2.22. The van der Waals surface area contributed by atoms with Crippen molar-refractivity contribution in [1.82, 2.24) is 10.2 Å². The Morgan fingerprint density at radius 3 is 2.83 bits per heavy atom. The number of Topliss-reactive ketones (excluding diaryl/α,β-unsaturated/α-hetero) is 1. The van der Waals surface area contributed by atoms with E-state index in [1.807, 2.05) is 0 Å². The average molecular weight is 329 g/mol. The minimum atomic E-state index is 0.339. The van der Waals surface area contributed by atoms with Crippen LogP contribution in [0.3, 0.4) is 0 Å². The van der Waals surface area contributed by atoms with Crippen LogP contribution in [-0.2, 0) is 12.8 Å². The van der Waals surface area contributed by atoms with Crippen LogP contribution >= 0.6 is 0 Å². The number of aryl methyl sites for hydroxylation is 1. The van der Waals surface area contributed by atoms with Gasteiger partial charge in [-0.05, 0) is 94.7 Å². The van der Waals surface area contributed by atoms with Gasteiger partial charge in [-0.25, -0.2) is 0 Å². The van der Waals surface area contributed by atoms with Crippen LogP contribution in [-0.4, -0.2) is 43.9 Å². The van der Waals surface area contributed by atoms with Crippen molar-refractivity contribution < 1.29 is 4.79 Å². The smallest absolute Gasteiger partial charge is 0.162 e. The second-order valence-electron chi connectivity index (χ2n) is 7.65. The Kier molecular flexibility index (Phi) is 6.44. The lowest BCUT2D eigenvalue weighted by atomic mass is 9.90. The highest BCUT2D eigenvalue weighted by atomic mass is 16.1. The number of rotatable bonds is 5. The van der Waals surface area contributed by atoms with Crippen LogP contribution in [0.2, 0.25) is 0 Å². The largest absolute Gasteiger partial charge is 0.317 e. The van der Waals surface area contributed by atoms with Crippen LogP contribution in [0.15, 0.2) is 18.2 Å². The second kappa shape index (κ2) is 8.77. The first-order chi connectivity index (χ1) is 11.7. The topological polar surface area (TPSA) is 32.3 Å². The molecule has 0 aliphatic carbocycles. The highest BCUT2D eigenvalue weighted by Gasteiger charge is 2.15. The number of fused-ring (bicyclic) bond motifs is 1. The molecule has 132 valence electrons. The predicted octanol–water partition coefficient (Wildman–Crippen LogP) is 3.46. The van der Waals surface area contributed by atoms with E-state index in [0.717, 1.165) is 56.9 Å². The van der Waals surface area contributed by atoms with Crippen molar-refractivity contribution in [3.63, 3.8) is 0 Å². The maximum absolute atomic E-state index is 12.6. The van der Waals surface area contributed by atoms with Gasteiger partial charge in [-0.1, -0.05) is 12.1 Å². The van der Waals surface area contributed by atoms with Crippen LogP contribution in [0.1, 0.15) is 60.0 Å². The summed E-state index contributed by atoms with van der Waals surface area (Å²) in [6.07, 6.45) is 8.94. The van der Waals surface area contributed by atoms with Crippen LogP contribution in [0.4, 0.5) is 0 Å². The van der Waals surface area contributed by atoms with Crippen molar-refractivity contribution in [1.29, 1.82) is 0 Å². The van der Waals surface area contributed by atoms with Gasteiger partial charge in [0.1, 0.15) is 0 Å². The van der Waals surface area contributed by atoms with E-state index in [2.05, 4.69) is 35.5 Å². The van der Waals surface area contributed by atoms with E-state index in [1.165, 1.54) is 36.8 Å². The summed E-state index contributed by atoms with van der Waals surface area (Å²) in [7, 11) is 2.20. The summed E-state index contributed by atoms with van der Waals surface area (Å²) in [5.74, 6) is 1.16. The number of hydrogen-bond acceptors (Lipinski definition) is 3. The number of carbonyl (C=O) groups is 1. The molecule has 0 atom stereocenters. The predicted molar refractivity (Wildman–Crippen MR) is 99.7 cm³/mol. The van der Waals surface area contributed by atoms with Crippen molar-refractivity contribution >= 4 is 5.78 Å². The summed E-state index contributed by atoms with van der Waals surface area (Å²) in [5, 5.41) is 3.41. The molecular formula is C21H32N2O. The Balaban J connectivity index is 1.54. The van der Waals surface area contributed by atoms with Crippen LogP contribution in [0, 0.1) is 5.92 Å². The summed E-state index contributed by atoms with van der Waals surface area (Å²) >= 11 is 0. The zero-order valence-corrected chi connectivity index (χ0v) is 15.2. The van der Waals surface area contributed by atoms with Gasteiger partial charge in [-0.15, -0.1) is 0 Å². The van der Waals surface area contributed by atoms with E-state index < -0.39 is 0 Å². The molecule has 1 N–H and O–H groups in total. The number of benzene rings is 1. The Hall–Kier alpha value is -1.19. The van der Waals surface area contributed by atoms with Gasteiger partial charge in [0.2, 0.25) is 0 Å². The van der Waals surface area contributed by atoms with E-state index in [-0.39, 0.29) is 0 Å². The summed E-state index contributed by atoms with van der Waals surface area (Å²) < 4.78 is 0. The number of nitrogens with one attached hydrogen (secondary N) is 1. The standard InChI is InChI=1S/C21H32N2O/c1-23-14-3-5-19-16-20(8-7-18(19)11-15-23)21(24)6-2-4-17-9-12-22-13-10-17/h7-8,16-17,22H,2-6,9-15H2,1H3. The Morgan fingerprint density at radius 2 is 2.00 bits per heavy atom. The first-order valence-electron chi connectivity index (χ1n) is 9.76. The summed E-state index contributed by atoms with van der Waals surface area (Å²) in [4.78, 5) is 15.0. The molecule has 3 nitrogen and oxygen atoms in total. The molecule has 0 bridgehead atoms. The number of piperidine rings is 1. The summed E-state index contributed by atoms with van der Waals surface area (Å²) in [5.41, 5.74) is 3.79. The van der Waals surface area contributed by atoms with E-state index in [0.29, 0.717) is 12.2 Å². The average Bonchev–Trinajstić information content (AvgIpc) is 2.59. The molecule has 3 rings (SSSR count). The third-order valence-electron chi connectivity index (χ3n) is 5.75. The molecule has 1 aromatic rings. The van der Waals surface area contributed by atoms with Crippen LogP contribution in [0.5, 0.6) is 0 Å². The zero-order chi connectivity index (χ0) is 16.8. The van der Waals surface area contributed by atoms with E-state index in [9.17, 15) is 4.79 Å². The van der Waals surface area contributed by atoms with E-state index in [4.69, 9.17) is 0 Å². The number of carbonyl (C=O) groups excluding carboxylic acids is 1. The van der Waals surface area contributed by atoms with E-state index >= 15 is 0 Å². The minimum Gasteiger partial charge on any atom is -0.317 e. The molecule has 2 aliphatic rings. The molecule has 0 saturated carbocycles. The lowest BCUT2D eigenvalue weighted by molar-refractivity contribution is 0.0976. The van der Waals surface area contributed by atoms with Crippen molar-refractivity contribution in [2.75, 3.05) is 33.2 Å². The number of nitrogens with zero attached hydrogens (tertiary/aromatic N) is 1. The lowest BCUT2D eigenvalue weighted by Crippen LogP contribution is -2.27. The Morgan fingerprint density at radius 1 is 1.17 bits per heavy atom.